The minimum Gasteiger partial charge on any atom is -0.336 e. The lowest BCUT2D eigenvalue weighted by Crippen LogP contribution is -2.56. The van der Waals surface area contributed by atoms with Crippen LogP contribution in [0, 0.1) is 23.0 Å². The fraction of sp³-hybridized carbons (Fsp3) is 0.375. The van der Waals surface area contributed by atoms with E-state index in [1.165, 1.54) is 31.7 Å². The van der Waals surface area contributed by atoms with Gasteiger partial charge in [0.2, 0.25) is 0 Å². The molecule has 2 N–H and O–H groups in total. The first kappa shape index (κ1) is 27.8. The Kier molecular flexibility index (Phi) is 8.73. The SMILES string of the molecule is C[C@H]1CN(C2CCCC2)CCN1[C@@H](CNC(=O)Nc1ccc(F)c(F)c1)c1ccc(-c2cccc(C#N)c2)cc1. The maximum Gasteiger partial charge on any atom is 0.319 e. The summed E-state index contributed by atoms with van der Waals surface area (Å²) in [5, 5.41) is 14.8. The molecule has 2 atom stereocenters. The Bertz CT molecular complexity index is 1370. The highest BCUT2D eigenvalue weighted by molar-refractivity contribution is 5.89. The van der Waals surface area contributed by atoms with Gasteiger partial charge in [0.25, 0.3) is 0 Å². The number of piperazine rings is 1. The van der Waals surface area contributed by atoms with E-state index in [4.69, 9.17) is 0 Å². The van der Waals surface area contributed by atoms with Crippen LogP contribution in [0.2, 0.25) is 0 Å². The molecule has 6 nitrogen and oxygen atoms in total. The number of halogens is 2. The number of anilines is 1. The van der Waals surface area contributed by atoms with E-state index >= 15 is 0 Å². The molecule has 40 heavy (non-hydrogen) atoms. The lowest BCUT2D eigenvalue weighted by atomic mass is 9.97. The summed E-state index contributed by atoms with van der Waals surface area (Å²) >= 11 is 0. The average Bonchev–Trinajstić information content (AvgIpc) is 3.51. The molecule has 1 aliphatic heterocycles. The first-order chi connectivity index (χ1) is 19.4. The zero-order chi connectivity index (χ0) is 28.1. The van der Waals surface area contributed by atoms with Crippen LogP contribution in [0.1, 0.15) is 49.8 Å². The van der Waals surface area contributed by atoms with Gasteiger partial charge in [0, 0.05) is 50.0 Å². The van der Waals surface area contributed by atoms with Gasteiger partial charge in [-0.2, -0.15) is 5.26 Å². The van der Waals surface area contributed by atoms with Gasteiger partial charge in [-0.1, -0.05) is 49.2 Å². The molecule has 3 aromatic rings. The van der Waals surface area contributed by atoms with Crippen LogP contribution in [0.4, 0.5) is 19.3 Å². The molecule has 5 rings (SSSR count). The normalized spacial score (nSPS) is 19.2. The predicted molar refractivity (Wildman–Crippen MR) is 153 cm³/mol. The fourth-order valence-corrected chi connectivity index (χ4v) is 6.10. The molecule has 0 bridgehead atoms. The molecule has 0 aromatic heterocycles. The maximum absolute atomic E-state index is 13.6. The summed E-state index contributed by atoms with van der Waals surface area (Å²) in [5.74, 6) is -1.97. The number of hydrogen-bond donors (Lipinski definition) is 2. The molecule has 208 valence electrons. The Balaban J connectivity index is 1.33. The minimum atomic E-state index is -1.01. The first-order valence-corrected chi connectivity index (χ1v) is 14.0. The number of nitrogens with zero attached hydrogens (tertiary/aromatic N) is 3. The van der Waals surface area contributed by atoms with Crippen molar-refractivity contribution in [3.8, 4) is 17.2 Å². The minimum absolute atomic E-state index is 0.0732. The molecular formula is C32H35F2N5O. The maximum atomic E-state index is 13.6. The lowest BCUT2D eigenvalue weighted by Gasteiger charge is -2.46. The highest BCUT2D eigenvalue weighted by atomic mass is 19.2. The molecule has 2 amide bonds. The average molecular weight is 544 g/mol. The Labute approximate surface area is 234 Å². The number of amides is 2. The summed E-state index contributed by atoms with van der Waals surface area (Å²) in [6, 6.07) is 21.7. The van der Waals surface area contributed by atoms with E-state index in [1.54, 1.807) is 6.07 Å². The zero-order valence-electron chi connectivity index (χ0n) is 22.7. The van der Waals surface area contributed by atoms with Crippen molar-refractivity contribution in [2.75, 3.05) is 31.5 Å². The molecular weight excluding hydrogens is 508 g/mol. The van der Waals surface area contributed by atoms with Crippen LogP contribution in [0.3, 0.4) is 0 Å². The smallest absolute Gasteiger partial charge is 0.319 e. The van der Waals surface area contributed by atoms with E-state index in [2.05, 4.69) is 57.7 Å². The molecule has 0 unspecified atom stereocenters. The van der Waals surface area contributed by atoms with E-state index in [-0.39, 0.29) is 11.7 Å². The van der Waals surface area contributed by atoms with Crippen LogP contribution in [-0.4, -0.2) is 54.1 Å². The Morgan fingerprint density at radius 3 is 2.48 bits per heavy atom. The molecule has 1 saturated carbocycles. The number of benzene rings is 3. The topological polar surface area (TPSA) is 71.4 Å². The van der Waals surface area contributed by atoms with Gasteiger partial charge >= 0.3 is 6.03 Å². The predicted octanol–water partition coefficient (Wildman–Crippen LogP) is 6.31. The largest absolute Gasteiger partial charge is 0.336 e. The van der Waals surface area contributed by atoms with Gasteiger partial charge in [0.1, 0.15) is 0 Å². The van der Waals surface area contributed by atoms with Gasteiger partial charge in [-0.25, -0.2) is 13.6 Å². The van der Waals surface area contributed by atoms with E-state index in [1.807, 2.05) is 18.2 Å². The van der Waals surface area contributed by atoms with Crippen LogP contribution in [0.15, 0.2) is 66.7 Å². The molecule has 3 aromatic carbocycles. The van der Waals surface area contributed by atoms with E-state index in [0.29, 0.717) is 24.2 Å². The van der Waals surface area contributed by atoms with E-state index in [0.717, 1.165) is 48.5 Å². The van der Waals surface area contributed by atoms with Crippen molar-refractivity contribution in [3.63, 3.8) is 0 Å². The van der Waals surface area contributed by atoms with Crippen molar-refractivity contribution < 1.29 is 13.6 Å². The summed E-state index contributed by atoms with van der Waals surface area (Å²) in [6.07, 6.45) is 5.16. The van der Waals surface area contributed by atoms with Gasteiger partial charge in [0.05, 0.1) is 17.7 Å². The molecule has 2 fully saturated rings. The number of urea groups is 1. The number of nitriles is 1. The molecule has 1 saturated heterocycles. The second-order valence-corrected chi connectivity index (χ2v) is 10.8. The summed E-state index contributed by atoms with van der Waals surface area (Å²) in [5.41, 5.74) is 3.88. The van der Waals surface area contributed by atoms with Gasteiger partial charge in [-0.05, 0) is 60.7 Å². The number of carbonyl (C=O) groups excluding carboxylic acids is 1. The fourth-order valence-electron chi connectivity index (χ4n) is 6.10. The van der Waals surface area contributed by atoms with Gasteiger partial charge in [-0.15, -0.1) is 0 Å². The molecule has 0 spiro atoms. The second kappa shape index (κ2) is 12.6. The quantitative estimate of drug-likeness (QED) is 0.366. The van der Waals surface area contributed by atoms with Crippen LogP contribution in [0.25, 0.3) is 11.1 Å². The van der Waals surface area contributed by atoms with Crippen LogP contribution < -0.4 is 10.6 Å². The summed E-state index contributed by atoms with van der Waals surface area (Å²) in [6.45, 7) is 5.47. The highest BCUT2D eigenvalue weighted by Crippen LogP contribution is 2.31. The van der Waals surface area contributed by atoms with E-state index in [9.17, 15) is 18.8 Å². The van der Waals surface area contributed by atoms with Crippen LogP contribution in [-0.2, 0) is 0 Å². The summed E-state index contributed by atoms with van der Waals surface area (Å²) in [7, 11) is 0. The number of nitrogens with one attached hydrogen (secondary N) is 2. The van der Waals surface area contributed by atoms with Crippen LogP contribution >= 0.6 is 0 Å². The van der Waals surface area contributed by atoms with Crippen molar-refractivity contribution in [3.05, 3.63) is 89.5 Å². The van der Waals surface area contributed by atoms with Gasteiger partial charge in [0.15, 0.2) is 11.6 Å². The summed E-state index contributed by atoms with van der Waals surface area (Å²) < 4.78 is 26.9. The van der Waals surface area contributed by atoms with Gasteiger partial charge < -0.3 is 10.6 Å². The Morgan fingerprint density at radius 1 is 1.00 bits per heavy atom. The van der Waals surface area contributed by atoms with Crippen molar-refractivity contribution in [2.24, 2.45) is 0 Å². The third-order valence-corrected chi connectivity index (χ3v) is 8.21. The zero-order valence-corrected chi connectivity index (χ0v) is 22.7. The third kappa shape index (κ3) is 6.49. The standard InChI is InChI=1S/C32H35F2N5O/c1-22-21-38(28-7-2-3-8-28)15-16-39(22)31(20-36-32(40)37-27-13-14-29(33)30(34)18-27)25-11-9-24(10-12-25)26-6-4-5-23(17-26)19-35/h4-6,9-14,17-18,22,28,31H,2-3,7-8,15-16,20-21H2,1H3,(H2,36,37,40)/t22-,31-/m0/s1. The van der Waals surface area contributed by atoms with Crippen molar-refractivity contribution in [1.29, 1.82) is 5.26 Å². The third-order valence-electron chi connectivity index (χ3n) is 8.21. The van der Waals surface area contributed by atoms with E-state index < -0.39 is 17.7 Å². The summed E-state index contributed by atoms with van der Waals surface area (Å²) in [4.78, 5) is 17.8. The van der Waals surface area contributed by atoms with Gasteiger partial charge in [-0.3, -0.25) is 9.80 Å². The van der Waals surface area contributed by atoms with Crippen LogP contribution in [0.5, 0.6) is 0 Å². The molecule has 1 heterocycles. The molecule has 2 aliphatic rings. The first-order valence-electron chi connectivity index (χ1n) is 14.0. The monoisotopic (exact) mass is 543 g/mol. The Morgan fingerprint density at radius 2 is 1.77 bits per heavy atom. The number of hydrogen-bond acceptors (Lipinski definition) is 4. The van der Waals surface area contributed by atoms with Crippen molar-refractivity contribution >= 4 is 11.7 Å². The molecule has 8 heteroatoms. The van der Waals surface area contributed by atoms with Crippen molar-refractivity contribution in [1.82, 2.24) is 15.1 Å². The Hall–Kier alpha value is -3.80. The van der Waals surface area contributed by atoms with Crippen molar-refractivity contribution in [2.45, 2.75) is 50.7 Å². The highest BCUT2D eigenvalue weighted by Gasteiger charge is 2.34. The second-order valence-electron chi connectivity index (χ2n) is 10.8. The lowest BCUT2D eigenvalue weighted by molar-refractivity contribution is 0.0289. The number of carbonyl (C=O) groups is 1. The molecule has 1 aliphatic carbocycles. The molecule has 0 radical (unpaired) electrons. The number of rotatable bonds is 7.